The highest BCUT2D eigenvalue weighted by atomic mass is 16.6. The lowest BCUT2D eigenvalue weighted by Crippen LogP contribution is -2.50. The van der Waals surface area contributed by atoms with Gasteiger partial charge < -0.3 is 24.7 Å². The van der Waals surface area contributed by atoms with Gasteiger partial charge in [0.25, 0.3) is 0 Å². The summed E-state index contributed by atoms with van der Waals surface area (Å²) in [7, 11) is 0. The van der Waals surface area contributed by atoms with Crippen LogP contribution in [0, 0.1) is 0 Å². The normalized spacial score (nSPS) is 21.2. The first kappa shape index (κ1) is 28.8. The number of hydrogen-bond acceptors (Lipinski definition) is 6. The molecule has 3 aromatic rings. The Morgan fingerprint density at radius 2 is 1.15 bits per heavy atom. The van der Waals surface area contributed by atoms with Gasteiger partial charge in [0.15, 0.2) is 0 Å². The van der Waals surface area contributed by atoms with E-state index in [2.05, 4.69) is 0 Å². The molecule has 1 amide bonds. The lowest BCUT2D eigenvalue weighted by Gasteiger charge is -2.32. The fraction of sp³-hybridized carbons (Fsp3) is 0.406. The molecule has 0 unspecified atom stereocenters. The average molecular weight is 533 g/mol. The summed E-state index contributed by atoms with van der Waals surface area (Å²) in [4.78, 5) is 15.3. The van der Waals surface area contributed by atoms with Crippen molar-refractivity contribution < 1.29 is 23.7 Å². The minimum atomic E-state index is -0.672. The van der Waals surface area contributed by atoms with Crippen LogP contribution in [-0.2, 0) is 38.8 Å². The van der Waals surface area contributed by atoms with Gasteiger partial charge in [0.05, 0.1) is 38.5 Å². The molecule has 1 fully saturated rings. The molecule has 2 N–H and O–H groups in total. The minimum absolute atomic E-state index is 0.194. The molecule has 1 heterocycles. The first-order valence-corrected chi connectivity index (χ1v) is 13.5. The largest absolute Gasteiger partial charge is 0.444 e. The Hall–Kier alpha value is -3.23. The molecule has 1 aliphatic heterocycles. The number of hydrogen-bond donors (Lipinski definition) is 1. The maximum atomic E-state index is 13.6. The molecular weight excluding hydrogens is 492 g/mol. The molecule has 3 aromatic carbocycles. The third kappa shape index (κ3) is 8.13. The molecule has 0 bridgehead atoms. The smallest absolute Gasteiger partial charge is 0.411 e. The summed E-state index contributed by atoms with van der Waals surface area (Å²) in [5.74, 6) is 0. The Morgan fingerprint density at radius 1 is 0.718 bits per heavy atom. The van der Waals surface area contributed by atoms with E-state index in [4.69, 9.17) is 24.7 Å². The molecule has 4 atom stereocenters. The van der Waals surface area contributed by atoms with Crippen molar-refractivity contribution in [1.82, 2.24) is 4.90 Å². The van der Waals surface area contributed by atoms with Gasteiger partial charge in [-0.1, -0.05) is 91.0 Å². The maximum absolute atomic E-state index is 13.6. The number of rotatable bonds is 11. The number of carbonyl (C=O) groups is 1. The lowest BCUT2D eigenvalue weighted by atomic mass is 10.1. The molecule has 1 aliphatic rings. The van der Waals surface area contributed by atoms with E-state index in [0.717, 1.165) is 16.7 Å². The van der Waals surface area contributed by atoms with E-state index in [1.807, 2.05) is 112 Å². The lowest BCUT2D eigenvalue weighted by molar-refractivity contribution is -0.0860. The Morgan fingerprint density at radius 3 is 1.59 bits per heavy atom. The number of nitrogens with two attached hydrogens (primary N) is 1. The van der Waals surface area contributed by atoms with Gasteiger partial charge >= 0.3 is 6.09 Å². The highest BCUT2D eigenvalue weighted by molar-refractivity contribution is 5.70. The van der Waals surface area contributed by atoms with E-state index in [0.29, 0.717) is 19.8 Å². The average Bonchev–Trinajstić information content (AvgIpc) is 3.23. The van der Waals surface area contributed by atoms with Gasteiger partial charge in [-0.25, -0.2) is 4.79 Å². The van der Waals surface area contributed by atoms with Crippen molar-refractivity contribution in [3.8, 4) is 0 Å². The van der Waals surface area contributed by atoms with Gasteiger partial charge in [0, 0.05) is 6.54 Å². The highest BCUT2D eigenvalue weighted by Crippen LogP contribution is 2.33. The van der Waals surface area contributed by atoms with E-state index >= 15 is 0 Å². The Kier molecular flexibility index (Phi) is 10.1. The molecule has 0 saturated carbocycles. The predicted molar refractivity (Wildman–Crippen MR) is 151 cm³/mol. The minimum Gasteiger partial charge on any atom is -0.444 e. The standard InChI is InChI=1S/C32H40N2O5/c1-32(2,3)39-31(35)34-27(19-33)29(37-21-25-15-9-5-10-16-25)30(38-22-26-17-11-6-12-18-26)28(34)23-36-20-24-13-7-4-8-14-24/h4-18,27-30H,19-23,33H2,1-3H3/t27-,28-,29-,30-/m1/s1. The van der Waals surface area contributed by atoms with Crippen LogP contribution < -0.4 is 5.73 Å². The molecule has 0 spiro atoms. The molecule has 39 heavy (non-hydrogen) atoms. The molecule has 0 radical (unpaired) electrons. The monoisotopic (exact) mass is 532 g/mol. The van der Waals surface area contributed by atoms with E-state index in [-0.39, 0.29) is 13.2 Å². The van der Waals surface area contributed by atoms with E-state index in [9.17, 15) is 4.79 Å². The first-order chi connectivity index (χ1) is 18.9. The molecular formula is C32H40N2O5. The molecule has 7 heteroatoms. The third-order valence-electron chi connectivity index (χ3n) is 6.61. The molecule has 4 rings (SSSR count). The number of benzene rings is 3. The van der Waals surface area contributed by atoms with Crippen molar-refractivity contribution in [3.05, 3.63) is 108 Å². The van der Waals surface area contributed by atoms with Gasteiger partial charge in [-0.05, 0) is 37.5 Å². The summed E-state index contributed by atoms with van der Waals surface area (Å²) >= 11 is 0. The molecule has 0 aliphatic carbocycles. The van der Waals surface area contributed by atoms with Gasteiger partial charge in [0.1, 0.15) is 17.8 Å². The van der Waals surface area contributed by atoms with Gasteiger partial charge in [-0.15, -0.1) is 0 Å². The number of likely N-dealkylation sites (tertiary alicyclic amines) is 1. The zero-order chi connectivity index (χ0) is 27.7. The summed E-state index contributed by atoms with van der Waals surface area (Å²) in [5.41, 5.74) is 8.75. The van der Waals surface area contributed by atoms with Crippen LogP contribution in [0.25, 0.3) is 0 Å². The molecule has 7 nitrogen and oxygen atoms in total. The molecule has 1 saturated heterocycles. The van der Waals surface area contributed by atoms with E-state index < -0.39 is 36.0 Å². The van der Waals surface area contributed by atoms with Crippen molar-refractivity contribution in [2.24, 2.45) is 5.73 Å². The molecule has 0 aromatic heterocycles. The summed E-state index contributed by atoms with van der Waals surface area (Å²) in [6.45, 7) is 7.14. The van der Waals surface area contributed by atoms with Crippen molar-refractivity contribution >= 4 is 6.09 Å². The number of carbonyl (C=O) groups excluding carboxylic acids is 1. The maximum Gasteiger partial charge on any atom is 0.411 e. The second kappa shape index (κ2) is 13.7. The van der Waals surface area contributed by atoms with Crippen LogP contribution in [0.2, 0.25) is 0 Å². The van der Waals surface area contributed by atoms with Crippen molar-refractivity contribution in [3.63, 3.8) is 0 Å². The van der Waals surface area contributed by atoms with Crippen molar-refractivity contribution in [2.75, 3.05) is 13.2 Å². The fourth-order valence-corrected chi connectivity index (χ4v) is 4.83. The van der Waals surface area contributed by atoms with Gasteiger partial charge in [-0.2, -0.15) is 0 Å². The van der Waals surface area contributed by atoms with E-state index in [1.54, 1.807) is 4.90 Å². The zero-order valence-corrected chi connectivity index (χ0v) is 23.1. The van der Waals surface area contributed by atoms with Crippen LogP contribution in [-0.4, -0.2) is 54.0 Å². The van der Waals surface area contributed by atoms with Crippen LogP contribution in [0.1, 0.15) is 37.5 Å². The topological polar surface area (TPSA) is 83.3 Å². The van der Waals surface area contributed by atoms with Crippen LogP contribution in [0.5, 0.6) is 0 Å². The fourth-order valence-electron chi connectivity index (χ4n) is 4.83. The Balaban J connectivity index is 1.61. The third-order valence-corrected chi connectivity index (χ3v) is 6.61. The second-order valence-electron chi connectivity index (χ2n) is 10.8. The van der Waals surface area contributed by atoms with Gasteiger partial charge in [-0.3, -0.25) is 4.90 Å². The van der Waals surface area contributed by atoms with Crippen molar-refractivity contribution in [2.45, 2.75) is 70.5 Å². The molecule has 208 valence electrons. The number of ether oxygens (including phenoxy) is 4. The second-order valence-corrected chi connectivity index (χ2v) is 10.8. The van der Waals surface area contributed by atoms with Crippen molar-refractivity contribution in [1.29, 1.82) is 0 Å². The van der Waals surface area contributed by atoms with Crippen LogP contribution in [0.4, 0.5) is 4.79 Å². The Labute approximate surface area is 231 Å². The van der Waals surface area contributed by atoms with Crippen LogP contribution >= 0.6 is 0 Å². The highest BCUT2D eigenvalue weighted by Gasteiger charge is 2.53. The summed E-state index contributed by atoms with van der Waals surface area (Å²) in [5, 5.41) is 0. The summed E-state index contributed by atoms with van der Waals surface area (Å²) in [6, 6.07) is 29.0. The van der Waals surface area contributed by atoms with E-state index in [1.165, 1.54) is 0 Å². The SMILES string of the molecule is CC(C)(C)OC(=O)N1[C@H](CN)[C@@H](OCc2ccccc2)[C@H](OCc2ccccc2)[C@H]1COCc1ccccc1. The van der Waals surface area contributed by atoms with Crippen LogP contribution in [0.15, 0.2) is 91.0 Å². The number of amides is 1. The summed E-state index contributed by atoms with van der Waals surface area (Å²) < 4.78 is 25.0. The predicted octanol–water partition coefficient (Wildman–Crippen LogP) is 5.32. The first-order valence-electron chi connectivity index (χ1n) is 13.5. The summed E-state index contributed by atoms with van der Waals surface area (Å²) in [6.07, 6.45) is -1.41. The Bertz CT molecular complexity index is 1140. The number of nitrogens with zero attached hydrogens (tertiary/aromatic N) is 1. The zero-order valence-electron chi connectivity index (χ0n) is 23.1. The van der Waals surface area contributed by atoms with Crippen LogP contribution in [0.3, 0.4) is 0 Å². The van der Waals surface area contributed by atoms with Gasteiger partial charge in [0.2, 0.25) is 0 Å². The quantitative estimate of drug-likeness (QED) is 0.360.